The SMILES string of the molecule is CCOC(=O)c1cnc(C(O)C(O)CO)s1. The van der Waals surface area contributed by atoms with Gasteiger partial charge in [-0.3, -0.25) is 0 Å². The van der Waals surface area contributed by atoms with E-state index >= 15 is 0 Å². The summed E-state index contributed by atoms with van der Waals surface area (Å²) < 4.78 is 4.75. The number of carbonyl (C=O) groups excluding carboxylic acids is 1. The highest BCUT2D eigenvalue weighted by Crippen LogP contribution is 2.23. The van der Waals surface area contributed by atoms with Gasteiger partial charge in [0.2, 0.25) is 0 Å². The first-order valence-corrected chi connectivity index (χ1v) is 5.51. The average molecular weight is 247 g/mol. The Kier molecular flexibility index (Phi) is 4.81. The summed E-state index contributed by atoms with van der Waals surface area (Å²) in [7, 11) is 0. The van der Waals surface area contributed by atoms with Gasteiger partial charge in [0.25, 0.3) is 0 Å². The lowest BCUT2D eigenvalue weighted by Crippen LogP contribution is -2.21. The Morgan fingerprint density at radius 3 is 2.88 bits per heavy atom. The number of nitrogens with zero attached hydrogens (tertiary/aromatic N) is 1. The summed E-state index contributed by atoms with van der Waals surface area (Å²) in [5.41, 5.74) is 0. The van der Waals surface area contributed by atoms with E-state index in [9.17, 15) is 15.0 Å². The lowest BCUT2D eigenvalue weighted by Gasteiger charge is -2.11. The minimum Gasteiger partial charge on any atom is -0.462 e. The van der Waals surface area contributed by atoms with Crippen LogP contribution >= 0.6 is 11.3 Å². The zero-order chi connectivity index (χ0) is 12.1. The Bertz CT molecular complexity index is 353. The fraction of sp³-hybridized carbons (Fsp3) is 0.556. The Morgan fingerprint density at radius 1 is 1.62 bits per heavy atom. The van der Waals surface area contributed by atoms with E-state index in [1.54, 1.807) is 6.92 Å². The van der Waals surface area contributed by atoms with Crippen molar-refractivity contribution >= 4 is 17.3 Å². The Balaban J connectivity index is 2.74. The van der Waals surface area contributed by atoms with Crippen LogP contribution in [0.4, 0.5) is 0 Å². The summed E-state index contributed by atoms with van der Waals surface area (Å²) in [5.74, 6) is -0.517. The molecule has 90 valence electrons. The summed E-state index contributed by atoms with van der Waals surface area (Å²) in [6.45, 7) is 1.37. The van der Waals surface area contributed by atoms with Gasteiger partial charge in [-0.1, -0.05) is 0 Å². The topological polar surface area (TPSA) is 99.9 Å². The van der Waals surface area contributed by atoms with Crippen molar-refractivity contribution in [2.24, 2.45) is 0 Å². The van der Waals surface area contributed by atoms with E-state index < -0.39 is 24.8 Å². The molecule has 0 aromatic carbocycles. The third-order valence-corrected chi connectivity index (χ3v) is 2.85. The highest BCUT2D eigenvalue weighted by atomic mass is 32.1. The number of thiazole rings is 1. The maximum Gasteiger partial charge on any atom is 0.349 e. The molecule has 2 atom stereocenters. The van der Waals surface area contributed by atoms with Crippen molar-refractivity contribution in [3.8, 4) is 0 Å². The van der Waals surface area contributed by atoms with Gasteiger partial charge in [-0.25, -0.2) is 9.78 Å². The van der Waals surface area contributed by atoms with Crippen LogP contribution in [0.15, 0.2) is 6.20 Å². The van der Waals surface area contributed by atoms with E-state index in [1.165, 1.54) is 6.20 Å². The van der Waals surface area contributed by atoms with E-state index in [1.807, 2.05) is 0 Å². The minimum absolute atomic E-state index is 0.171. The molecule has 0 aliphatic carbocycles. The van der Waals surface area contributed by atoms with Crippen LogP contribution in [0, 0.1) is 0 Å². The van der Waals surface area contributed by atoms with Gasteiger partial charge in [0.1, 0.15) is 22.1 Å². The third kappa shape index (κ3) is 2.99. The smallest absolute Gasteiger partial charge is 0.349 e. The largest absolute Gasteiger partial charge is 0.462 e. The molecule has 3 N–H and O–H groups in total. The number of carbonyl (C=O) groups is 1. The maximum atomic E-state index is 11.3. The molecule has 0 saturated heterocycles. The zero-order valence-corrected chi connectivity index (χ0v) is 9.48. The molecular formula is C9H13NO5S. The first-order valence-electron chi connectivity index (χ1n) is 4.70. The van der Waals surface area contributed by atoms with Crippen LogP contribution in [0.25, 0.3) is 0 Å². The molecule has 0 aliphatic heterocycles. The lowest BCUT2D eigenvalue weighted by molar-refractivity contribution is -0.0153. The van der Waals surface area contributed by atoms with Crippen LogP contribution in [0.5, 0.6) is 0 Å². The van der Waals surface area contributed by atoms with Crippen LogP contribution in [0.3, 0.4) is 0 Å². The molecule has 1 rings (SSSR count). The highest BCUT2D eigenvalue weighted by molar-refractivity contribution is 7.13. The average Bonchev–Trinajstić information content (AvgIpc) is 2.76. The van der Waals surface area contributed by atoms with Crippen molar-refractivity contribution in [3.05, 3.63) is 16.1 Å². The van der Waals surface area contributed by atoms with E-state index in [-0.39, 0.29) is 16.5 Å². The second-order valence-electron chi connectivity index (χ2n) is 2.98. The number of ether oxygens (including phenoxy) is 1. The second-order valence-corrected chi connectivity index (χ2v) is 4.04. The molecule has 7 heteroatoms. The Hall–Kier alpha value is -1.02. The molecule has 16 heavy (non-hydrogen) atoms. The van der Waals surface area contributed by atoms with E-state index in [0.29, 0.717) is 0 Å². The molecule has 1 heterocycles. The van der Waals surface area contributed by atoms with Crippen molar-refractivity contribution in [1.29, 1.82) is 0 Å². The molecule has 2 unspecified atom stereocenters. The first kappa shape index (κ1) is 13.0. The summed E-state index contributed by atoms with van der Waals surface area (Å²) in [5, 5.41) is 27.5. The minimum atomic E-state index is -1.30. The number of hydrogen-bond donors (Lipinski definition) is 3. The van der Waals surface area contributed by atoms with Crippen LogP contribution in [-0.4, -0.2) is 45.6 Å². The summed E-state index contributed by atoms with van der Waals surface area (Å²) in [4.78, 5) is 15.3. The summed E-state index contributed by atoms with van der Waals surface area (Å²) in [6.07, 6.45) is -1.33. The molecule has 0 saturated carbocycles. The van der Waals surface area contributed by atoms with Gasteiger partial charge in [-0.15, -0.1) is 11.3 Å². The zero-order valence-electron chi connectivity index (χ0n) is 8.66. The fourth-order valence-corrected chi connectivity index (χ4v) is 1.84. The highest BCUT2D eigenvalue weighted by Gasteiger charge is 2.22. The van der Waals surface area contributed by atoms with E-state index in [2.05, 4.69) is 4.98 Å². The van der Waals surface area contributed by atoms with Gasteiger partial charge in [-0.2, -0.15) is 0 Å². The number of hydrogen-bond acceptors (Lipinski definition) is 7. The van der Waals surface area contributed by atoms with Gasteiger partial charge < -0.3 is 20.1 Å². The van der Waals surface area contributed by atoms with Crippen molar-refractivity contribution in [2.45, 2.75) is 19.1 Å². The first-order chi connectivity index (χ1) is 7.60. The Morgan fingerprint density at radius 2 is 2.31 bits per heavy atom. The van der Waals surface area contributed by atoms with Crippen molar-refractivity contribution in [2.75, 3.05) is 13.2 Å². The third-order valence-electron chi connectivity index (χ3n) is 1.80. The van der Waals surface area contributed by atoms with Gasteiger partial charge in [0.15, 0.2) is 0 Å². The maximum absolute atomic E-state index is 11.3. The Labute approximate surface area is 96.1 Å². The van der Waals surface area contributed by atoms with E-state index in [4.69, 9.17) is 9.84 Å². The van der Waals surface area contributed by atoms with Crippen LogP contribution in [0.1, 0.15) is 27.7 Å². The molecule has 1 aromatic rings. The number of aromatic nitrogens is 1. The van der Waals surface area contributed by atoms with Crippen molar-refractivity contribution < 1.29 is 24.9 Å². The summed E-state index contributed by atoms with van der Waals surface area (Å²) >= 11 is 0.926. The van der Waals surface area contributed by atoms with Gasteiger partial charge >= 0.3 is 5.97 Å². The molecule has 0 spiro atoms. The van der Waals surface area contributed by atoms with Crippen LogP contribution in [-0.2, 0) is 4.74 Å². The number of aliphatic hydroxyl groups is 3. The molecule has 6 nitrogen and oxygen atoms in total. The number of rotatable bonds is 5. The van der Waals surface area contributed by atoms with Crippen molar-refractivity contribution in [1.82, 2.24) is 4.98 Å². The molecule has 0 aliphatic rings. The predicted molar refractivity (Wildman–Crippen MR) is 56.1 cm³/mol. The number of aliphatic hydroxyl groups excluding tert-OH is 3. The molecule has 0 amide bonds. The van der Waals surface area contributed by atoms with Gasteiger partial charge in [0, 0.05) is 0 Å². The predicted octanol–water partition coefficient (Wildman–Crippen LogP) is -0.294. The molecule has 1 aromatic heterocycles. The second kappa shape index (κ2) is 5.90. The van der Waals surface area contributed by atoms with Crippen LogP contribution in [0.2, 0.25) is 0 Å². The quantitative estimate of drug-likeness (QED) is 0.618. The van der Waals surface area contributed by atoms with Crippen molar-refractivity contribution in [3.63, 3.8) is 0 Å². The van der Waals surface area contributed by atoms with Gasteiger partial charge in [-0.05, 0) is 6.92 Å². The monoisotopic (exact) mass is 247 g/mol. The number of esters is 1. The molecule has 0 fully saturated rings. The fourth-order valence-electron chi connectivity index (χ4n) is 0.985. The molecule has 0 bridgehead atoms. The van der Waals surface area contributed by atoms with Gasteiger partial charge in [0.05, 0.1) is 19.4 Å². The normalized spacial score (nSPS) is 14.5. The van der Waals surface area contributed by atoms with E-state index in [0.717, 1.165) is 11.3 Å². The lowest BCUT2D eigenvalue weighted by atomic mass is 10.2. The molecular weight excluding hydrogens is 234 g/mol. The standard InChI is InChI=1S/C9H13NO5S/c1-2-15-9(14)6-3-10-8(16-6)7(13)5(12)4-11/h3,5,7,11-13H,2,4H2,1H3. The van der Waals surface area contributed by atoms with Crippen LogP contribution < -0.4 is 0 Å². The summed E-state index contributed by atoms with van der Waals surface area (Å²) in [6, 6.07) is 0. The molecule has 0 radical (unpaired) electrons.